The van der Waals surface area contributed by atoms with Gasteiger partial charge < -0.3 is 10.4 Å². The van der Waals surface area contributed by atoms with Gasteiger partial charge in [-0.15, -0.1) is 5.10 Å². The third-order valence-electron chi connectivity index (χ3n) is 7.00. The summed E-state index contributed by atoms with van der Waals surface area (Å²) in [5.74, 6) is -1.27. The molecule has 0 aliphatic heterocycles. The van der Waals surface area contributed by atoms with Crippen molar-refractivity contribution in [2.75, 3.05) is 0 Å². The van der Waals surface area contributed by atoms with E-state index in [1.165, 1.54) is 12.1 Å². The number of fused-ring (bicyclic) bond motifs is 2. The van der Waals surface area contributed by atoms with Crippen LogP contribution in [0.25, 0.3) is 32.9 Å². The van der Waals surface area contributed by atoms with Crippen LogP contribution in [0.1, 0.15) is 44.8 Å². The lowest BCUT2D eigenvalue weighted by molar-refractivity contribution is 0.0696. The van der Waals surface area contributed by atoms with Gasteiger partial charge in [-0.2, -0.15) is 0 Å². The van der Waals surface area contributed by atoms with Crippen LogP contribution < -0.4 is 5.32 Å². The summed E-state index contributed by atoms with van der Waals surface area (Å²) in [5, 5.41) is 23.3. The van der Waals surface area contributed by atoms with Gasteiger partial charge in [-0.1, -0.05) is 59.8 Å². The number of pyridine rings is 1. The van der Waals surface area contributed by atoms with Crippen LogP contribution in [0, 0.1) is 0 Å². The Labute approximate surface area is 229 Å². The van der Waals surface area contributed by atoms with Crippen molar-refractivity contribution >= 4 is 33.7 Å². The van der Waals surface area contributed by atoms with E-state index < -0.39 is 5.97 Å². The summed E-state index contributed by atoms with van der Waals surface area (Å²) >= 11 is 0. The zero-order chi connectivity index (χ0) is 27.6. The topological polar surface area (TPSA) is 110 Å². The number of nitrogens with zero attached hydrogens (tertiary/aromatic N) is 4. The third kappa shape index (κ3) is 4.90. The van der Waals surface area contributed by atoms with Crippen molar-refractivity contribution in [2.24, 2.45) is 0 Å². The highest BCUT2D eigenvalue weighted by molar-refractivity contribution is 6.06. The second kappa shape index (κ2) is 10.4. The standard InChI is InChI=1S/C32H25N5O3/c1-20(22-9-11-25(12-10-22)32(39)40)34-31(38)28-16-26(23-5-3-2-4-6-23)17-29-30(28)37(36-35-29)19-21-7-8-24-13-14-33-18-27(24)15-21/h2-18,20H,19H2,1H3,(H,34,38)(H,39,40)/t20-/m0/s1. The molecule has 2 heterocycles. The molecule has 2 N–H and O–H groups in total. The lowest BCUT2D eigenvalue weighted by Gasteiger charge is -2.16. The van der Waals surface area contributed by atoms with Crippen LogP contribution in [0.4, 0.5) is 0 Å². The zero-order valence-corrected chi connectivity index (χ0v) is 21.7. The lowest BCUT2D eigenvalue weighted by atomic mass is 10.00. The highest BCUT2D eigenvalue weighted by Crippen LogP contribution is 2.28. The number of aromatic carboxylic acids is 1. The van der Waals surface area contributed by atoms with Crippen molar-refractivity contribution in [3.63, 3.8) is 0 Å². The average molecular weight is 528 g/mol. The fraction of sp³-hybridized carbons (Fsp3) is 0.0938. The Balaban J connectivity index is 1.39. The van der Waals surface area contributed by atoms with Crippen LogP contribution >= 0.6 is 0 Å². The molecule has 0 fully saturated rings. The monoisotopic (exact) mass is 527 g/mol. The molecule has 6 aromatic rings. The molecule has 0 bridgehead atoms. The van der Waals surface area contributed by atoms with E-state index in [0.717, 1.165) is 33.0 Å². The van der Waals surface area contributed by atoms with Gasteiger partial charge in [0.25, 0.3) is 5.91 Å². The predicted octanol–water partition coefficient (Wildman–Crippen LogP) is 5.88. The van der Waals surface area contributed by atoms with Gasteiger partial charge in [-0.05, 0) is 71.0 Å². The second-order valence-corrected chi connectivity index (χ2v) is 9.68. The van der Waals surface area contributed by atoms with Crippen LogP contribution in [0.15, 0.2) is 103 Å². The minimum absolute atomic E-state index is 0.194. The van der Waals surface area contributed by atoms with E-state index in [1.807, 2.05) is 73.8 Å². The number of carboxylic acids is 1. The summed E-state index contributed by atoms with van der Waals surface area (Å²) in [6.45, 7) is 2.29. The Morgan fingerprint density at radius 1 is 0.900 bits per heavy atom. The summed E-state index contributed by atoms with van der Waals surface area (Å²) in [4.78, 5) is 29.3. The number of hydrogen-bond donors (Lipinski definition) is 2. The number of benzene rings is 4. The number of rotatable bonds is 7. The first-order valence-electron chi connectivity index (χ1n) is 12.9. The largest absolute Gasteiger partial charge is 0.478 e. The predicted molar refractivity (Wildman–Crippen MR) is 153 cm³/mol. The van der Waals surface area contributed by atoms with E-state index in [1.54, 1.807) is 23.0 Å². The van der Waals surface area contributed by atoms with E-state index in [9.17, 15) is 14.7 Å². The van der Waals surface area contributed by atoms with E-state index in [4.69, 9.17) is 0 Å². The minimum atomic E-state index is -0.994. The molecule has 0 radical (unpaired) electrons. The van der Waals surface area contributed by atoms with Crippen molar-refractivity contribution in [1.29, 1.82) is 0 Å². The fourth-order valence-corrected chi connectivity index (χ4v) is 4.87. The number of carboxylic acid groups (broad SMARTS) is 1. The van der Waals surface area contributed by atoms with Gasteiger partial charge in [0, 0.05) is 17.8 Å². The molecule has 4 aromatic carbocycles. The molecular formula is C32H25N5O3. The van der Waals surface area contributed by atoms with Crippen LogP contribution in [0.5, 0.6) is 0 Å². The molecule has 8 nitrogen and oxygen atoms in total. The van der Waals surface area contributed by atoms with E-state index in [0.29, 0.717) is 23.1 Å². The molecule has 0 saturated carbocycles. The summed E-state index contributed by atoms with van der Waals surface area (Å²) in [5.41, 5.74) is 5.54. The Morgan fingerprint density at radius 2 is 1.70 bits per heavy atom. The molecule has 0 aliphatic carbocycles. The van der Waals surface area contributed by atoms with Gasteiger partial charge >= 0.3 is 5.97 Å². The maximum atomic E-state index is 13.8. The van der Waals surface area contributed by atoms with Crippen molar-refractivity contribution in [1.82, 2.24) is 25.3 Å². The molecule has 6 rings (SSSR count). The summed E-state index contributed by atoms with van der Waals surface area (Å²) in [6, 6.07) is 27.9. The third-order valence-corrected chi connectivity index (χ3v) is 7.00. The van der Waals surface area contributed by atoms with Crippen molar-refractivity contribution in [3.05, 3.63) is 126 Å². The molecular weight excluding hydrogens is 502 g/mol. The quantitative estimate of drug-likeness (QED) is 0.268. The molecule has 0 unspecified atom stereocenters. The lowest BCUT2D eigenvalue weighted by Crippen LogP contribution is -2.27. The smallest absolute Gasteiger partial charge is 0.335 e. The van der Waals surface area contributed by atoms with Gasteiger partial charge in [-0.25, -0.2) is 9.48 Å². The highest BCUT2D eigenvalue weighted by atomic mass is 16.4. The van der Waals surface area contributed by atoms with E-state index in [2.05, 4.69) is 26.7 Å². The number of carbonyl (C=O) groups is 2. The van der Waals surface area contributed by atoms with Gasteiger partial charge in [0.05, 0.1) is 23.7 Å². The number of aromatic nitrogens is 4. The summed E-state index contributed by atoms with van der Waals surface area (Å²) < 4.78 is 1.75. The summed E-state index contributed by atoms with van der Waals surface area (Å²) in [6.07, 6.45) is 3.59. The van der Waals surface area contributed by atoms with Crippen molar-refractivity contribution in [3.8, 4) is 11.1 Å². The number of amides is 1. The van der Waals surface area contributed by atoms with Crippen LogP contribution in [-0.4, -0.2) is 37.0 Å². The van der Waals surface area contributed by atoms with Gasteiger partial charge in [0.1, 0.15) is 11.0 Å². The van der Waals surface area contributed by atoms with Gasteiger partial charge in [0.15, 0.2) is 0 Å². The number of carbonyl (C=O) groups excluding carboxylic acids is 1. The first-order valence-corrected chi connectivity index (χ1v) is 12.9. The van der Waals surface area contributed by atoms with Crippen LogP contribution in [0.3, 0.4) is 0 Å². The SMILES string of the molecule is C[C@H](NC(=O)c1cc(-c2ccccc2)cc2nnn(Cc3ccc4ccncc4c3)c12)c1ccc(C(=O)O)cc1. The maximum absolute atomic E-state index is 13.8. The normalized spacial score (nSPS) is 11.9. The van der Waals surface area contributed by atoms with Crippen LogP contribution in [0.2, 0.25) is 0 Å². The second-order valence-electron chi connectivity index (χ2n) is 9.68. The number of hydrogen-bond acceptors (Lipinski definition) is 5. The molecule has 40 heavy (non-hydrogen) atoms. The highest BCUT2D eigenvalue weighted by Gasteiger charge is 2.20. The van der Waals surface area contributed by atoms with Crippen LogP contribution in [-0.2, 0) is 6.54 Å². The Hall–Kier alpha value is -5.37. The molecule has 0 saturated heterocycles. The summed E-state index contributed by atoms with van der Waals surface area (Å²) in [7, 11) is 0. The molecule has 0 spiro atoms. The van der Waals surface area contributed by atoms with Crippen molar-refractivity contribution in [2.45, 2.75) is 19.5 Å². The van der Waals surface area contributed by atoms with Gasteiger partial charge in [0.2, 0.25) is 0 Å². The average Bonchev–Trinajstić information content (AvgIpc) is 3.39. The first kappa shape index (κ1) is 24.9. The zero-order valence-electron chi connectivity index (χ0n) is 21.7. The fourth-order valence-electron chi connectivity index (χ4n) is 4.87. The Morgan fingerprint density at radius 3 is 2.48 bits per heavy atom. The minimum Gasteiger partial charge on any atom is -0.478 e. The van der Waals surface area contributed by atoms with Gasteiger partial charge in [-0.3, -0.25) is 9.78 Å². The molecule has 0 aliphatic rings. The Bertz CT molecular complexity index is 1860. The van der Waals surface area contributed by atoms with E-state index in [-0.39, 0.29) is 17.5 Å². The van der Waals surface area contributed by atoms with Crippen molar-refractivity contribution < 1.29 is 14.7 Å². The number of nitrogens with one attached hydrogen (secondary N) is 1. The Kier molecular flexibility index (Phi) is 6.49. The maximum Gasteiger partial charge on any atom is 0.335 e. The van der Waals surface area contributed by atoms with E-state index >= 15 is 0 Å². The molecule has 1 atom stereocenters. The molecule has 8 heteroatoms. The molecule has 2 aromatic heterocycles. The molecule has 196 valence electrons. The first-order chi connectivity index (χ1) is 19.5. The molecule has 1 amide bonds.